The number of aromatic nitrogens is 3. The maximum Gasteiger partial charge on any atom is 0.160 e. The van der Waals surface area contributed by atoms with Crippen LogP contribution in [0.2, 0.25) is 0 Å². The number of rotatable bonds is 3. The van der Waals surface area contributed by atoms with Gasteiger partial charge in [-0.05, 0) is 36.8 Å². The van der Waals surface area contributed by atoms with E-state index in [1.807, 2.05) is 19.1 Å². The van der Waals surface area contributed by atoms with Crippen LogP contribution in [0, 0.1) is 18.3 Å². The molecule has 1 atom stereocenters. The van der Waals surface area contributed by atoms with Crippen LogP contribution in [0.3, 0.4) is 0 Å². The third kappa shape index (κ3) is 1.91. The summed E-state index contributed by atoms with van der Waals surface area (Å²) in [5, 5.41) is 0. The number of nitrogens with zero attached hydrogens (tertiary/aromatic N) is 3. The monoisotopic (exact) mass is 263 g/mol. The summed E-state index contributed by atoms with van der Waals surface area (Å²) >= 11 is 6.01. The van der Waals surface area contributed by atoms with E-state index in [-0.39, 0.29) is 0 Å². The van der Waals surface area contributed by atoms with Gasteiger partial charge in [-0.25, -0.2) is 9.97 Å². The molecule has 0 spiro atoms. The van der Waals surface area contributed by atoms with Crippen molar-refractivity contribution in [1.29, 1.82) is 0 Å². The fourth-order valence-electron chi connectivity index (χ4n) is 2.55. The minimum Gasteiger partial charge on any atom is -0.311 e. The highest BCUT2D eigenvalue weighted by Crippen LogP contribution is 2.52. The van der Waals surface area contributed by atoms with Crippen LogP contribution in [0.5, 0.6) is 0 Å². The van der Waals surface area contributed by atoms with Crippen molar-refractivity contribution in [2.24, 2.45) is 11.3 Å². The summed E-state index contributed by atoms with van der Waals surface area (Å²) in [6.45, 7) is 7.63. The summed E-state index contributed by atoms with van der Waals surface area (Å²) in [6.07, 6.45) is 1.28. The van der Waals surface area contributed by atoms with Gasteiger partial charge in [0.2, 0.25) is 0 Å². The second-order valence-corrected chi connectivity index (χ2v) is 6.22. The van der Waals surface area contributed by atoms with E-state index < -0.39 is 0 Å². The normalized spacial score (nSPS) is 21.4. The molecule has 0 amide bonds. The zero-order valence-electron chi connectivity index (χ0n) is 11.1. The molecule has 2 aromatic heterocycles. The first kappa shape index (κ1) is 12.0. The molecule has 1 aliphatic carbocycles. The second kappa shape index (κ2) is 3.95. The van der Waals surface area contributed by atoms with Crippen LogP contribution in [0.1, 0.15) is 31.8 Å². The van der Waals surface area contributed by atoms with Crippen LogP contribution >= 0.6 is 11.6 Å². The minimum absolute atomic E-state index is 0.447. The summed E-state index contributed by atoms with van der Waals surface area (Å²) in [5.74, 6) is 2.11. The van der Waals surface area contributed by atoms with Gasteiger partial charge in [-0.3, -0.25) is 0 Å². The molecule has 0 bridgehead atoms. The molecule has 2 heterocycles. The number of fused-ring (bicyclic) bond motifs is 1. The SMILES string of the molecule is Cc1ccc2nc(CCl)n(CC3CC3(C)C)c2n1. The lowest BCUT2D eigenvalue weighted by Gasteiger charge is -2.08. The Morgan fingerprint density at radius 1 is 1.39 bits per heavy atom. The molecule has 1 fully saturated rings. The highest BCUT2D eigenvalue weighted by molar-refractivity contribution is 6.16. The van der Waals surface area contributed by atoms with Gasteiger partial charge in [0, 0.05) is 12.2 Å². The Morgan fingerprint density at radius 3 is 2.72 bits per heavy atom. The van der Waals surface area contributed by atoms with Crippen LogP contribution in [-0.2, 0) is 12.4 Å². The Labute approximate surface area is 112 Å². The molecule has 0 aliphatic heterocycles. The van der Waals surface area contributed by atoms with Gasteiger partial charge in [0.05, 0.1) is 5.88 Å². The summed E-state index contributed by atoms with van der Waals surface area (Å²) in [4.78, 5) is 9.18. The van der Waals surface area contributed by atoms with Crippen molar-refractivity contribution in [1.82, 2.24) is 14.5 Å². The van der Waals surface area contributed by atoms with Crippen molar-refractivity contribution < 1.29 is 0 Å². The second-order valence-electron chi connectivity index (χ2n) is 5.96. The molecule has 4 heteroatoms. The van der Waals surface area contributed by atoms with Gasteiger partial charge in [-0.1, -0.05) is 13.8 Å². The van der Waals surface area contributed by atoms with Crippen molar-refractivity contribution in [2.45, 2.75) is 39.6 Å². The molecule has 18 heavy (non-hydrogen) atoms. The van der Waals surface area contributed by atoms with Gasteiger partial charge < -0.3 is 4.57 Å². The predicted molar refractivity (Wildman–Crippen MR) is 73.7 cm³/mol. The average molecular weight is 264 g/mol. The number of halogens is 1. The third-order valence-corrected chi connectivity index (χ3v) is 4.29. The first-order valence-electron chi connectivity index (χ1n) is 6.40. The smallest absolute Gasteiger partial charge is 0.160 e. The van der Waals surface area contributed by atoms with E-state index in [1.54, 1.807) is 0 Å². The van der Waals surface area contributed by atoms with E-state index in [0.29, 0.717) is 11.3 Å². The third-order valence-electron chi connectivity index (χ3n) is 4.05. The number of hydrogen-bond acceptors (Lipinski definition) is 2. The standard InChI is InChI=1S/C14H18ClN3/c1-9-4-5-11-13(16-9)18(12(7-15)17-11)8-10-6-14(10,2)3/h4-5,10H,6-8H2,1-3H3. The fraction of sp³-hybridized carbons (Fsp3) is 0.571. The van der Waals surface area contributed by atoms with Crippen LogP contribution in [0.25, 0.3) is 11.2 Å². The Hall–Kier alpha value is -1.09. The van der Waals surface area contributed by atoms with Crippen LogP contribution in [0.4, 0.5) is 0 Å². The summed E-state index contributed by atoms with van der Waals surface area (Å²) in [7, 11) is 0. The molecule has 2 aromatic rings. The molecule has 1 unspecified atom stereocenters. The van der Waals surface area contributed by atoms with Crippen molar-refractivity contribution in [2.75, 3.05) is 0 Å². The molecule has 0 N–H and O–H groups in total. The van der Waals surface area contributed by atoms with Gasteiger partial charge in [0.1, 0.15) is 11.3 Å². The average Bonchev–Trinajstić information content (AvgIpc) is 2.78. The Balaban J connectivity index is 2.05. The summed E-state index contributed by atoms with van der Waals surface area (Å²) in [6, 6.07) is 4.03. The van der Waals surface area contributed by atoms with Crippen molar-refractivity contribution in [3.8, 4) is 0 Å². The topological polar surface area (TPSA) is 30.7 Å². The quantitative estimate of drug-likeness (QED) is 0.794. The summed E-state index contributed by atoms with van der Waals surface area (Å²) < 4.78 is 2.20. The molecule has 1 saturated carbocycles. The van der Waals surface area contributed by atoms with E-state index in [4.69, 9.17) is 11.6 Å². The zero-order chi connectivity index (χ0) is 12.9. The van der Waals surface area contributed by atoms with E-state index in [0.717, 1.165) is 35.1 Å². The number of aryl methyl sites for hydroxylation is 1. The lowest BCUT2D eigenvalue weighted by atomic mass is 10.1. The zero-order valence-corrected chi connectivity index (χ0v) is 11.8. The first-order valence-corrected chi connectivity index (χ1v) is 6.93. The molecule has 0 saturated heterocycles. The minimum atomic E-state index is 0.447. The molecule has 0 radical (unpaired) electrons. The lowest BCUT2D eigenvalue weighted by Crippen LogP contribution is -2.07. The van der Waals surface area contributed by atoms with Gasteiger partial charge >= 0.3 is 0 Å². The number of pyridine rings is 1. The lowest BCUT2D eigenvalue weighted by molar-refractivity contribution is 0.497. The fourth-order valence-corrected chi connectivity index (χ4v) is 2.75. The maximum atomic E-state index is 6.01. The van der Waals surface area contributed by atoms with Gasteiger partial charge in [-0.2, -0.15) is 0 Å². The molecule has 3 nitrogen and oxygen atoms in total. The largest absolute Gasteiger partial charge is 0.311 e. The number of imidazole rings is 1. The van der Waals surface area contributed by atoms with Crippen molar-refractivity contribution >= 4 is 22.8 Å². The van der Waals surface area contributed by atoms with Crippen LogP contribution in [0.15, 0.2) is 12.1 Å². The Kier molecular flexibility index (Phi) is 2.63. The highest BCUT2D eigenvalue weighted by atomic mass is 35.5. The number of alkyl halides is 1. The molecule has 96 valence electrons. The molecular formula is C14H18ClN3. The Bertz CT molecular complexity index is 600. The molecule has 0 aromatic carbocycles. The van der Waals surface area contributed by atoms with E-state index in [9.17, 15) is 0 Å². The van der Waals surface area contributed by atoms with Crippen molar-refractivity contribution in [3.05, 3.63) is 23.7 Å². The van der Waals surface area contributed by atoms with E-state index in [1.165, 1.54) is 6.42 Å². The Morgan fingerprint density at radius 2 is 2.11 bits per heavy atom. The predicted octanol–water partition coefficient (Wildman–Crippen LogP) is 3.52. The van der Waals surface area contributed by atoms with Gasteiger partial charge in [0.25, 0.3) is 0 Å². The van der Waals surface area contributed by atoms with Crippen LogP contribution in [-0.4, -0.2) is 14.5 Å². The molecule has 3 rings (SSSR count). The van der Waals surface area contributed by atoms with Crippen molar-refractivity contribution in [3.63, 3.8) is 0 Å². The molecular weight excluding hydrogens is 246 g/mol. The van der Waals surface area contributed by atoms with E-state index >= 15 is 0 Å². The number of hydrogen-bond donors (Lipinski definition) is 0. The summed E-state index contributed by atoms with van der Waals surface area (Å²) in [5.41, 5.74) is 3.42. The van der Waals surface area contributed by atoms with Gasteiger partial charge in [-0.15, -0.1) is 11.6 Å². The van der Waals surface area contributed by atoms with Crippen LogP contribution < -0.4 is 0 Å². The van der Waals surface area contributed by atoms with E-state index in [2.05, 4.69) is 28.4 Å². The highest BCUT2D eigenvalue weighted by Gasteiger charge is 2.45. The first-order chi connectivity index (χ1) is 8.51. The van der Waals surface area contributed by atoms with Gasteiger partial charge in [0.15, 0.2) is 5.65 Å². The molecule has 1 aliphatic rings. The maximum absolute atomic E-state index is 6.01.